The van der Waals surface area contributed by atoms with Crippen molar-refractivity contribution >= 4 is 11.5 Å². The molecule has 1 aromatic rings. The first kappa shape index (κ1) is 10.8. The summed E-state index contributed by atoms with van der Waals surface area (Å²) in [6.45, 7) is 8.20. The third-order valence-electron chi connectivity index (χ3n) is 2.21. The summed E-state index contributed by atoms with van der Waals surface area (Å²) in [7, 11) is 0. The van der Waals surface area contributed by atoms with Crippen molar-refractivity contribution in [3.63, 3.8) is 0 Å². The van der Waals surface area contributed by atoms with Crippen molar-refractivity contribution in [2.24, 2.45) is 16.6 Å². The topological polar surface area (TPSA) is 38.4 Å². The van der Waals surface area contributed by atoms with Gasteiger partial charge in [0.2, 0.25) is 0 Å². The van der Waals surface area contributed by atoms with Crippen LogP contribution < -0.4 is 5.73 Å². The van der Waals surface area contributed by atoms with Crippen LogP contribution in [-0.4, -0.2) is 5.84 Å². The van der Waals surface area contributed by atoms with E-state index in [1.54, 1.807) is 0 Å². The number of hydrogen-bond acceptors (Lipinski definition) is 1. The molecule has 0 unspecified atom stereocenters. The lowest BCUT2D eigenvalue weighted by Crippen LogP contribution is -2.18. The summed E-state index contributed by atoms with van der Waals surface area (Å²) in [5.41, 5.74) is 9.18. The van der Waals surface area contributed by atoms with Crippen LogP contribution in [0.1, 0.15) is 25.0 Å². The molecular weight excluding hydrogens is 172 g/mol. The zero-order valence-corrected chi connectivity index (χ0v) is 9.33. The van der Waals surface area contributed by atoms with Crippen LogP contribution in [0.15, 0.2) is 23.2 Å². The fraction of sp³-hybridized carbons (Fsp3) is 0.417. The maximum atomic E-state index is 5.82. The summed E-state index contributed by atoms with van der Waals surface area (Å²) in [4.78, 5) is 4.41. The summed E-state index contributed by atoms with van der Waals surface area (Å²) in [6.07, 6.45) is 0. The minimum atomic E-state index is 0.301. The van der Waals surface area contributed by atoms with Gasteiger partial charge in [0.25, 0.3) is 0 Å². The van der Waals surface area contributed by atoms with E-state index in [9.17, 15) is 0 Å². The molecule has 76 valence electrons. The summed E-state index contributed by atoms with van der Waals surface area (Å²) in [5.74, 6) is 0.994. The van der Waals surface area contributed by atoms with E-state index in [-0.39, 0.29) is 0 Å². The Balaban J connectivity index is 3.07. The second-order valence-electron chi connectivity index (χ2n) is 3.98. The van der Waals surface area contributed by atoms with Crippen LogP contribution in [0, 0.1) is 19.8 Å². The van der Waals surface area contributed by atoms with Crippen molar-refractivity contribution in [3.05, 3.63) is 29.3 Å². The predicted octanol–water partition coefficient (Wildman–Crippen LogP) is 2.95. The van der Waals surface area contributed by atoms with Gasteiger partial charge in [-0.05, 0) is 31.0 Å². The SMILES string of the molecule is Cc1ccc(C)c(N=C(N)C(C)C)c1. The average molecular weight is 190 g/mol. The van der Waals surface area contributed by atoms with Gasteiger partial charge in [-0.3, -0.25) is 0 Å². The van der Waals surface area contributed by atoms with Crippen LogP contribution in [0.4, 0.5) is 5.69 Å². The number of nitrogens with two attached hydrogens (primary N) is 1. The highest BCUT2D eigenvalue weighted by Crippen LogP contribution is 2.20. The predicted molar refractivity (Wildman–Crippen MR) is 62.0 cm³/mol. The highest BCUT2D eigenvalue weighted by Gasteiger charge is 2.01. The zero-order valence-electron chi connectivity index (χ0n) is 9.33. The Morgan fingerprint density at radius 1 is 1.29 bits per heavy atom. The number of nitrogens with zero attached hydrogens (tertiary/aromatic N) is 1. The largest absolute Gasteiger partial charge is 0.387 e. The highest BCUT2D eigenvalue weighted by atomic mass is 14.9. The molecule has 2 nitrogen and oxygen atoms in total. The Morgan fingerprint density at radius 2 is 1.93 bits per heavy atom. The first-order valence-corrected chi connectivity index (χ1v) is 4.92. The van der Waals surface area contributed by atoms with Crippen molar-refractivity contribution in [1.82, 2.24) is 0 Å². The van der Waals surface area contributed by atoms with Crippen LogP contribution in [0.3, 0.4) is 0 Å². The van der Waals surface area contributed by atoms with Gasteiger partial charge in [-0.2, -0.15) is 0 Å². The van der Waals surface area contributed by atoms with Crippen LogP contribution in [0.25, 0.3) is 0 Å². The summed E-state index contributed by atoms with van der Waals surface area (Å²) >= 11 is 0. The molecule has 0 aromatic heterocycles. The van der Waals surface area contributed by atoms with E-state index in [4.69, 9.17) is 5.73 Å². The number of benzene rings is 1. The van der Waals surface area contributed by atoms with Crippen molar-refractivity contribution in [2.45, 2.75) is 27.7 Å². The molecule has 0 bridgehead atoms. The summed E-state index contributed by atoms with van der Waals surface area (Å²) < 4.78 is 0. The lowest BCUT2D eigenvalue weighted by atomic mass is 10.1. The van der Waals surface area contributed by atoms with E-state index < -0.39 is 0 Å². The maximum Gasteiger partial charge on any atom is 0.102 e. The van der Waals surface area contributed by atoms with Gasteiger partial charge in [-0.1, -0.05) is 26.0 Å². The van der Waals surface area contributed by atoms with E-state index in [1.165, 1.54) is 11.1 Å². The Morgan fingerprint density at radius 3 is 2.50 bits per heavy atom. The molecule has 0 fully saturated rings. The van der Waals surface area contributed by atoms with Gasteiger partial charge >= 0.3 is 0 Å². The van der Waals surface area contributed by atoms with Crippen molar-refractivity contribution in [1.29, 1.82) is 0 Å². The standard InChI is InChI=1S/C12H18N2/c1-8(2)12(13)14-11-7-9(3)5-6-10(11)4/h5-8H,1-4H3,(H2,13,14). The van der Waals surface area contributed by atoms with Crippen LogP contribution >= 0.6 is 0 Å². The molecule has 2 heteroatoms. The second-order valence-corrected chi connectivity index (χ2v) is 3.98. The van der Waals surface area contributed by atoms with E-state index in [0.717, 1.165) is 5.69 Å². The molecule has 0 atom stereocenters. The van der Waals surface area contributed by atoms with Gasteiger partial charge in [0.05, 0.1) is 5.69 Å². The molecule has 0 aliphatic carbocycles. The van der Waals surface area contributed by atoms with Crippen LogP contribution in [0.2, 0.25) is 0 Å². The third-order valence-corrected chi connectivity index (χ3v) is 2.21. The molecular formula is C12H18N2. The molecule has 2 N–H and O–H groups in total. The highest BCUT2D eigenvalue weighted by molar-refractivity contribution is 5.85. The minimum absolute atomic E-state index is 0.301. The minimum Gasteiger partial charge on any atom is -0.387 e. The molecule has 1 rings (SSSR count). The Kier molecular flexibility index (Phi) is 3.28. The monoisotopic (exact) mass is 190 g/mol. The second kappa shape index (κ2) is 4.27. The molecule has 0 radical (unpaired) electrons. The van der Waals surface area contributed by atoms with Gasteiger partial charge < -0.3 is 5.73 Å². The number of amidine groups is 1. The van der Waals surface area contributed by atoms with Crippen LogP contribution in [-0.2, 0) is 0 Å². The fourth-order valence-electron chi connectivity index (χ4n) is 1.11. The van der Waals surface area contributed by atoms with E-state index in [2.05, 4.69) is 30.1 Å². The lowest BCUT2D eigenvalue weighted by Gasteiger charge is -2.06. The quantitative estimate of drug-likeness (QED) is 0.565. The molecule has 0 aliphatic rings. The van der Waals surface area contributed by atoms with Gasteiger partial charge in [0.1, 0.15) is 5.84 Å². The molecule has 0 saturated heterocycles. The van der Waals surface area contributed by atoms with Crippen molar-refractivity contribution < 1.29 is 0 Å². The summed E-state index contributed by atoms with van der Waals surface area (Å²) in [5, 5.41) is 0. The number of rotatable bonds is 2. The first-order valence-electron chi connectivity index (χ1n) is 4.92. The van der Waals surface area contributed by atoms with Gasteiger partial charge in [-0.25, -0.2) is 4.99 Å². The zero-order chi connectivity index (χ0) is 10.7. The molecule has 0 heterocycles. The number of hydrogen-bond donors (Lipinski definition) is 1. The molecule has 1 aromatic carbocycles. The van der Waals surface area contributed by atoms with E-state index >= 15 is 0 Å². The lowest BCUT2D eigenvalue weighted by molar-refractivity contribution is 0.872. The third kappa shape index (κ3) is 2.59. The molecule has 0 spiro atoms. The molecule has 0 amide bonds. The van der Waals surface area contributed by atoms with E-state index in [0.29, 0.717) is 11.8 Å². The molecule has 0 aliphatic heterocycles. The number of aryl methyl sites for hydroxylation is 2. The van der Waals surface area contributed by atoms with E-state index in [1.807, 2.05) is 20.8 Å². The average Bonchev–Trinajstić information content (AvgIpc) is 2.11. The summed E-state index contributed by atoms with van der Waals surface area (Å²) in [6, 6.07) is 6.21. The Hall–Kier alpha value is -1.31. The smallest absolute Gasteiger partial charge is 0.102 e. The molecule has 0 saturated carbocycles. The van der Waals surface area contributed by atoms with Crippen LogP contribution in [0.5, 0.6) is 0 Å². The maximum absolute atomic E-state index is 5.82. The van der Waals surface area contributed by atoms with Crippen molar-refractivity contribution in [3.8, 4) is 0 Å². The normalized spacial score (nSPS) is 12.2. The van der Waals surface area contributed by atoms with Crippen molar-refractivity contribution in [2.75, 3.05) is 0 Å². The van der Waals surface area contributed by atoms with Gasteiger partial charge in [0, 0.05) is 5.92 Å². The molecule has 14 heavy (non-hydrogen) atoms. The Bertz CT molecular complexity index is 351. The fourth-order valence-corrected chi connectivity index (χ4v) is 1.11. The Labute approximate surface area is 85.9 Å². The van der Waals surface area contributed by atoms with Gasteiger partial charge in [-0.15, -0.1) is 0 Å². The van der Waals surface area contributed by atoms with Gasteiger partial charge in [0.15, 0.2) is 0 Å². The first-order chi connectivity index (χ1) is 6.50. The number of aliphatic imine (C=N–C) groups is 1.